The number of nitrogens with one attached hydrogen (secondary N) is 4. The first-order valence-electron chi connectivity index (χ1n) is 24.0. The van der Waals surface area contributed by atoms with Crippen molar-refractivity contribution in [1.82, 2.24) is 40.4 Å². The molecule has 2 aliphatic rings. The van der Waals surface area contributed by atoms with Crippen molar-refractivity contribution in [2.45, 2.75) is 129 Å². The number of benzene rings is 4. The second-order valence-corrected chi connectivity index (χ2v) is 22.7. The Morgan fingerprint density at radius 3 is 1.48 bits per heavy atom. The summed E-state index contributed by atoms with van der Waals surface area (Å²) in [6.45, 7) is 27.5. The molecule has 8 aromatic rings. The summed E-state index contributed by atoms with van der Waals surface area (Å²) in [5, 5.41) is 28.3. The van der Waals surface area contributed by atoms with Gasteiger partial charge < -0.3 is 31.8 Å². The number of nitrogens with two attached hydrogens (primary N) is 3. The second kappa shape index (κ2) is 27.8. The van der Waals surface area contributed by atoms with Crippen molar-refractivity contribution in [1.29, 1.82) is 0 Å². The van der Waals surface area contributed by atoms with Gasteiger partial charge >= 0.3 is 31.9 Å². The van der Waals surface area contributed by atoms with Crippen LogP contribution in [0.15, 0.2) is 78.9 Å². The minimum absolute atomic E-state index is 0. The average Bonchev–Trinajstić information content (AvgIpc) is 4.18. The number of hydrogen-bond donors (Lipinski definition) is 8. The quantitative estimate of drug-likeness (QED) is 0.0361. The summed E-state index contributed by atoms with van der Waals surface area (Å²) in [6.07, 6.45) is 7.06. The average molecular weight is 1320 g/mol. The standard InChI is InChI=1S/C14H15BrFN3.C11H11BrFN3.C11H12FN3.C10H17BN2O2.C7H7BrFN.2CH4.BHNS/c1-7-6-17-19-13(7)11-8(2)12(15)9(16)5-10(11)18-14(19,3)4;1-5-4-15-16-11(5)9-6(2)10(12)7(13)3-8(9)14;1-6-3-8(12)4-9(13)10(6)11-7(2)5-14-15-11;1-7-6-12-13-8(7)11-14-9(2,3)10(4,5)15-11;1-4-2-5(9)3-6(10)7(4)8;;;1-2-3/h5-6,18H,1-4H3;3-4H,14H2,1-2H3,(H,15,16);3-5H,13H2,1-2H3,(H,14,15);6H,1-5H3,(H,12,13);2-3H,10H2,1H3;2*1H4;3H. The Morgan fingerprint density at radius 2 is 1.01 bits per heavy atom. The van der Waals surface area contributed by atoms with Crippen LogP contribution in [0.5, 0.6) is 0 Å². The molecule has 0 atom stereocenters. The number of anilines is 4. The zero-order valence-corrected chi connectivity index (χ0v) is 51.4. The van der Waals surface area contributed by atoms with Crippen LogP contribution in [0, 0.1) is 78.7 Å². The minimum atomic E-state index is -0.372. The maximum absolute atomic E-state index is 13.9. The molecule has 2 aliphatic heterocycles. The van der Waals surface area contributed by atoms with Gasteiger partial charge in [-0.05, 0) is 226 Å². The molecule has 6 heterocycles. The number of aromatic nitrogens is 8. The topological polar surface area (TPSA) is 225 Å². The molecule has 10 N–H and O–H groups in total. The van der Waals surface area contributed by atoms with Crippen molar-refractivity contribution in [3.63, 3.8) is 0 Å². The maximum atomic E-state index is 13.9. The van der Waals surface area contributed by atoms with E-state index in [0.29, 0.717) is 26.0 Å². The number of fused-ring (bicyclic) bond motifs is 3. The third-order valence-corrected chi connectivity index (χ3v) is 16.2. The molecule has 0 bridgehead atoms. The van der Waals surface area contributed by atoms with Crippen molar-refractivity contribution in [2.75, 3.05) is 22.5 Å². The van der Waals surface area contributed by atoms with E-state index in [1.807, 2.05) is 101 Å². The molecule has 1 saturated heterocycles. The van der Waals surface area contributed by atoms with Gasteiger partial charge in [-0.1, -0.05) is 14.9 Å². The van der Waals surface area contributed by atoms with Crippen LogP contribution in [-0.2, 0) is 15.0 Å². The summed E-state index contributed by atoms with van der Waals surface area (Å²) in [7, 11) is 4.00. The number of halogens is 7. The predicted octanol–water partition coefficient (Wildman–Crippen LogP) is 14.7. The number of H-pyrrole nitrogens is 3. The van der Waals surface area contributed by atoms with Crippen molar-refractivity contribution < 1.29 is 26.9 Å². The zero-order chi connectivity index (χ0) is 58.5. The van der Waals surface area contributed by atoms with E-state index in [9.17, 15) is 17.6 Å². The molecule has 25 heteroatoms. The number of nitrogens with zero attached hydrogens (tertiary/aromatic N) is 6. The van der Waals surface area contributed by atoms with E-state index < -0.39 is 0 Å². The second-order valence-electron chi connectivity index (χ2n) is 20.1. The molecule has 1 fully saturated rings. The number of rotatable bonds is 3. The Morgan fingerprint density at radius 1 is 0.575 bits per heavy atom. The van der Waals surface area contributed by atoms with Crippen LogP contribution < -0.4 is 28.1 Å². The van der Waals surface area contributed by atoms with Crippen molar-refractivity contribution >= 4 is 104 Å². The van der Waals surface area contributed by atoms with Gasteiger partial charge in [0.05, 0.1) is 67.6 Å². The van der Waals surface area contributed by atoms with Gasteiger partial charge in [-0.15, -0.1) is 0 Å². The SMILES string of the molecule is C.C.Cc1cc(F)cc(N)c1Br.Cc1cn[nH]c1-c1c(C)cc(F)cc1N.Cc1cn[nH]c1-c1c(N)cc(F)c(Br)c1C.Cc1cn[nH]c1B1OC(C)(C)C(C)(C)O1.Cc1cnn2c1-c1c(cc(F)c(Br)c1C)NC2(C)C.[B]=NS. The van der Waals surface area contributed by atoms with Crippen LogP contribution in [-0.4, -0.2) is 66.3 Å². The Bertz CT molecular complexity index is 3400. The van der Waals surface area contributed by atoms with Crippen molar-refractivity contribution in [3.05, 3.63) is 142 Å². The first-order chi connectivity index (χ1) is 36.3. The van der Waals surface area contributed by atoms with Crippen molar-refractivity contribution in [3.8, 4) is 33.8 Å². The molecule has 1 radical (unpaired) electrons. The van der Waals surface area contributed by atoms with Crippen LogP contribution >= 0.6 is 60.6 Å². The van der Waals surface area contributed by atoms with E-state index in [-0.39, 0.29) is 62.1 Å². The van der Waals surface area contributed by atoms with E-state index in [1.54, 1.807) is 31.6 Å². The number of thiol groups is 1. The molecular weight excluding hydrogens is 1240 g/mol. The molecule has 0 amide bonds. The number of aryl methyl sites for hydroxylation is 6. The van der Waals surface area contributed by atoms with Gasteiger partial charge in [-0.25, -0.2) is 22.2 Å². The van der Waals surface area contributed by atoms with Crippen LogP contribution in [0.2, 0.25) is 0 Å². The first-order valence-corrected chi connectivity index (χ1v) is 26.8. The summed E-state index contributed by atoms with van der Waals surface area (Å²) in [4.78, 5) is 0. The van der Waals surface area contributed by atoms with E-state index >= 15 is 0 Å². The molecule has 0 saturated carbocycles. The van der Waals surface area contributed by atoms with E-state index in [0.717, 1.165) is 94.0 Å². The van der Waals surface area contributed by atoms with Gasteiger partial charge in [0.15, 0.2) is 0 Å². The molecule has 4 aromatic heterocycles. The van der Waals surface area contributed by atoms with Gasteiger partial charge in [-0.2, -0.15) is 20.4 Å². The summed E-state index contributed by atoms with van der Waals surface area (Å²) < 4.78 is 71.0. The van der Waals surface area contributed by atoms with Gasteiger partial charge in [0.25, 0.3) is 0 Å². The van der Waals surface area contributed by atoms with E-state index in [2.05, 4.69) is 114 Å². The summed E-state index contributed by atoms with van der Waals surface area (Å²) in [5.74, 6) is -1.20. The number of hydrogen-bond acceptors (Lipinski definition) is 12. The van der Waals surface area contributed by atoms with Crippen LogP contribution in [0.3, 0.4) is 0 Å². The van der Waals surface area contributed by atoms with E-state index in [4.69, 9.17) is 26.5 Å². The van der Waals surface area contributed by atoms with Crippen molar-refractivity contribution in [2.24, 2.45) is 4.30 Å². The molecular formula is C55H71B2Br3F4N13O2S. The molecule has 0 unspecified atom stereocenters. The molecule has 0 spiro atoms. The summed E-state index contributed by atoms with van der Waals surface area (Å²) in [5.41, 5.74) is 31.9. The molecule has 80 heavy (non-hydrogen) atoms. The first kappa shape index (κ1) is 68.6. The molecule has 0 aliphatic carbocycles. The third kappa shape index (κ3) is 15.2. The Labute approximate surface area is 499 Å². The van der Waals surface area contributed by atoms with Gasteiger partial charge in [0.1, 0.15) is 28.9 Å². The summed E-state index contributed by atoms with van der Waals surface area (Å²) >= 11 is 12.9. The molecule has 4 aromatic carbocycles. The third-order valence-electron chi connectivity index (χ3n) is 13.2. The Balaban J connectivity index is 0.000000261. The zero-order valence-electron chi connectivity index (χ0n) is 45.8. The van der Waals surface area contributed by atoms with E-state index in [1.165, 1.54) is 30.3 Å². The number of nitrogen functional groups attached to an aromatic ring is 3. The summed E-state index contributed by atoms with van der Waals surface area (Å²) in [6, 6.07) is 8.36. The van der Waals surface area contributed by atoms with Gasteiger partial charge in [-0.3, -0.25) is 15.3 Å². The molecule has 429 valence electrons. The molecule has 15 nitrogen and oxygen atoms in total. The normalized spacial score (nSPS) is 13.6. The number of aromatic amines is 3. The fourth-order valence-electron chi connectivity index (χ4n) is 8.42. The van der Waals surface area contributed by atoms with Gasteiger partial charge in [0, 0.05) is 43.9 Å². The molecule has 10 rings (SSSR count). The predicted molar refractivity (Wildman–Crippen MR) is 334 cm³/mol. The monoisotopic (exact) mass is 1310 g/mol. The fourth-order valence-corrected chi connectivity index (χ4v) is 9.28. The Kier molecular flexibility index (Phi) is 23.9. The van der Waals surface area contributed by atoms with Crippen LogP contribution in [0.1, 0.15) is 101 Å². The van der Waals surface area contributed by atoms with Gasteiger partial charge in [0.2, 0.25) is 0 Å². The Hall–Kier alpha value is -5.72. The fraction of sp³-hybridized carbons (Fsp3) is 0.345. The van der Waals surface area contributed by atoms with Crippen LogP contribution in [0.25, 0.3) is 33.8 Å². The van der Waals surface area contributed by atoms with Crippen LogP contribution in [0.4, 0.5) is 40.3 Å².